The van der Waals surface area contributed by atoms with E-state index in [-0.39, 0.29) is 11.3 Å². The number of ketones is 1. The van der Waals surface area contributed by atoms with E-state index in [2.05, 4.69) is 15.9 Å². The number of hydrogen-bond acceptors (Lipinski definition) is 3. The maximum absolute atomic E-state index is 13.4. The van der Waals surface area contributed by atoms with Crippen LogP contribution in [0, 0.1) is 5.82 Å². The van der Waals surface area contributed by atoms with Crippen molar-refractivity contribution in [2.24, 2.45) is 0 Å². The molecule has 1 heterocycles. The van der Waals surface area contributed by atoms with Crippen LogP contribution in [0.25, 0.3) is 0 Å². The second kappa shape index (κ2) is 4.35. The Bertz CT molecular complexity index is 553. The van der Waals surface area contributed by atoms with Crippen molar-refractivity contribution in [3.63, 3.8) is 0 Å². The fraction of sp³-hybridized carbons (Fsp3) is 0. The lowest BCUT2D eigenvalue weighted by molar-refractivity contribution is 0.103. The van der Waals surface area contributed by atoms with Crippen LogP contribution in [-0.2, 0) is 0 Å². The van der Waals surface area contributed by atoms with Gasteiger partial charge in [0.2, 0.25) is 5.78 Å². The van der Waals surface area contributed by atoms with Gasteiger partial charge in [0.1, 0.15) is 5.82 Å². The van der Waals surface area contributed by atoms with Crippen LogP contribution in [0.4, 0.5) is 10.1 Å². The van der Waals surface area contributed by atoms with Gasteiger partial charge in [-0.05, 0) is 46.3 Å². The highest BCUT2D eigenvalue weighted by Gasteiger charge is 2.15. The average molecular weight is 300 g/mol. The lowest BCUT2D eigenvalue weighted by Gasteiger charge is -2.01. The molecule has 82 valence electrons. The number of anilines is 1. The molecule has 0 fully saturated rings. The summed E-state index contributed by atoms with van der Waals surface area (Å²) in [5, 5.41) is 0. The molecule has 0 amide bonds. The molecule has 16 heavy (non-hydrogen) atoms. The van der Waals surface area contributed by atoms with Crippen molar-refractivity contribution in [3.8, 4) is 0 Å². The van der Waals surface area contributed by atoms with Crippen molar-refractivity contribution < 1.29 is 9.18 Å². The Hall–Kier alpha value is -1.20. The van der Waals surface area contributed by atoms with Crippen molar-refractivity contribution in [1.29, 1.82) is 0 Å². The number of halogens is 2. The molecule has 2 N–H and O–H groups in total. The molecule has 0 aliphatic rings. The molecule has 0 saturated heterocycles. The summed E-state index contributed by atoms with van der Waals surface area (Å²) >= 11 is 4.52. The zero-order chi connectivity index (χ0) is 11.7. The summed E-state index contributed by atoms with van der Waals surface area (Å²) in [6.45, 7) is 0. The molecule has 0 atom stereocenters. The highest BCUT2D eigenvalue weighted by atomic mass is 79.9. The molecule has 1 aromatic carbocycles. The van der Waals surface area contributed by atoms with Gasteiger partial charge in [0, 0.05) is 5.69 Å². The number of thiophene rings is 1. The molecule has 0 saturated carbocycles. The van der Waals surface area contributed by atoms with Crippen LogP contribution in [0.5, 0.6) is 0 Å². The van der Waals surface area contributed by atoms with Crippen LogP contribution in [-0.4, -0.2) is 5.78 Å². The normalized spacial score (nSPS) is 10.4. The molecule has 1 aromatic heterocycles. The summed E-state index contributed by atoms with van der Waals surface area (Å²) in [7, 11) is 0. The number of nitrogens with two attached hydrogens (primary N) is 1. The number of carbonyl (C=O) groups is 1. The van der Waals surface area contributed by atoms with E-state index in [9.17, 15) is 9.18 Å². The van der Waals surface area contributed by atoms with Crippen LogP contribution in [0.2, 0.25) is 0 Å². The van der Waals surface area contributed by atoms with Gasteiger partial charge >= 0.3 is 0 Å². The van der Waals surface area contributed by atoms with E-state index >= 15 is 0 Å². The standard InChI is InChI=1S/C11H7BrFNOS/c12-10-4-3-9(16-10)11(15)7-5-6(14)1-2-8(7)13/h1-5H,14H2. The molecule has 2 rings (SSSR count). The van der Waals surface area contributed by atoms with Crippen LogP contribution >= 0.6 is 27.3 Å². The monoisotopic (exact) mass is 299 g/mol. The Morgan fingerprint density at radius 3 is 2.69 bits per heavy atom. The molecular formula is C11H7BrFNOS. The third-order valence-electron chi connectivity index (χ3n) is 2.03. The minimum absolute atomic E-state index is 0.00866. The summed E-state index contributed by atoms with van der Waals surface area (Å²) in [5.41, 5.74) is 5.91. The smallest absolute Gasteiger partial charge is 0.206 e. The van der Waals surface area contributed by atoms with Gasteiger partial charge in [-0.1, -0.05) is 0 Å². The van der Waals surface area contributed by atoms with Gasteiger partial charge in [0.25, 0.3) is 0 Å². The van der Waals surface area contributed by atoms with Gasteiger partial charge < -0.3 is 5.73 Å². The van der Waals surface area contributed by atoms with E-state index in [4.69, 9.17) is 5.73 Å². The Morgan fingerprint density at radius 1 is 1.31 bits per heavy atom. The van der Waals surface area contributed by atoms with Gasteiger partial charge in [-0.2, -0.15) is 0 Å². The molecule has 0 aliphatic heterocycles. The van der Waals surface area contributed by atoms with E-state index in [1.54, 1.807) is 12.1 Å². The first kappa shape index (κ1) is 11.3. The topological polar surface area (TPSA) is 43.1 Å². The van der Waals surface area contributed by atoms with E-state index in [1.165, 1.54) is 29.5 Å². The highest BCUT2D eigenvalue weighted by molar-refractivity contribution is 9.11. The van der Waals surface area contributed by atoms with Crippen LogP contribution < -0.4 is 5.73 Å². The van der Waals surface area contributed by atoms with Crippen molar-refractivity contribution in [2.45, 2.75) is 0 Å². The van der Waals surface area contributed by atoms with Gasteiger partial charge in [0.15, 0.2) is 0 Å². The Balaban J connectivity index is 2.45. The molecular weight excluding hydrogens is 293 g/mol. The average Bonchev–Trinajstić information content (AvgIpc) is 2.67. The highest BCUT2D eigenvalue weighted by Crippen LogP contribution is 2.25. The summed E-state index contributed by atoms with van der Waals surface area (Å²) < 4.78 is 14.3. The van der Waals surface area contributed by atoms with Crippen molar-refractivity contribution in [3.05, 3.63) is 50.4 Å². The molecule has 0 aliphatic carbocycles. The molecule has 2 nitrogen and oxygen atoms in total. The van der Waals surface area contributed by atoms with E-state index < -0.39 is 5.82 Å². The van der Waals surface area contributed by atoms with Gasteiger partial charge in [0.05, 0.1) is 14.2 Å². The fourth-order valence-electron chi connectivity index (χ4n) is 1.29. The predicted molar refractivity (Wildman–Crippen MR) is 66.3 cm³/mol. The van der Waals surface area contributed by atoms with Gasteiger partial charge in [-0.3, -0.25) is 4.79 Å². The second-order valence-electron chi connectivity index (χ2n) is 3.17. The third-order valence-corrected chi connectivity index (χ3v) is 3.65. The summed E-state index contributed by atoms with van der Waals surface area (Å²) in [6, 6.07) is 7.38. The molecule has 5 heteroatoms. The summed E-state index contributed by atoms with van der Waals surface area (Å²) in [4.78, 5) is 12.4. The van der Waals surface area contributed by atoms with E-state index in [1.807, 2.05) is 0 Å². The lowest BCUT2D eigenvalue weighted by Crippen LogP contribution is -2.03. The zero-order valence-corrected chi connectivity index (χ0v) is 10.4. The van der Waals surface area contributed by atoms with Crippen molar-refractivity contribution in [2.75, 3.05) is 5.73 Å². The zero-order valence-electron chi connectivity index (χ0n) is 8.04. The first-order valence-electron chi connectivity index (χ1n) is 4.43. The Kier molecular flexibility index (Phi) is 3.07. The first-order chi connectivity index (χ1) is 7.58. The quantitative estimate of drug-likeness (QED) is 0.682. The second-order valence-corrected chi connectivity index (χ2v) is 5.64. The summed E-state index contributed by atoms with van der Waals surface area (Å²) in [6.07, 6.45) is 0. The number of hydrogen-bond donors (Lipinski definition) is 1. The molecule has 0 bridgehead atoms. The van der Waals surface area contributed by atoms with E-state index in [0.29, 0.717) is 10.6 Å². The number of rotatable bonds is 2. The van der Waals surface area contributed by atoms with E-state index in [0.717, 1.165) is 3.79 Å². The predicted octanol–water partition coefficient (Wildman–Crippen LogP) is 3.46. The first-order valence-corrected chi connectivity index (χ1v) is 6.04. The van der Waals surface area contributed by atoms with Crippen LogP contribution in [0.15, 0.2) is 34.1 Å². The minimum Gasteiger partial charge on any atom is -0.399 e. The van der Waals surface area contributed by atoms with Crippen LogP contribution in [0.3, 0.4) is 0 Å². The van der Waals surface area contributed by atoms with Gasteiger partial charge in [-0.15, -0.1) is 11.3 Å². The third kappa shape index (κ3) is 2.15. The number of nitrogen functional groups attached to an aromatic ring is 1. The SMILES string of the molecule is Nc1ccc(F)c(C(=O)c2ccc(Br)s2)c1. The summed E-state index contributed by atoms with van der Waals surface area (Å²) in [5.74, 6) is -0.899. The maximum Gasteiger partial charge on any atom is 0.206 e. The van der Waals surface area contributed by atoms with Gasteiger partial charge in [-0.25, -0.2) is 4.39 Å². The largest absolute Gasteiger partial charge is 0.399 e. The fourth-order valence-corrected chi connectivity index (χ4v) is 2.63. The molecule has 2 aromatic rings. The lowest BCUT2D eigenvalue weighted by atomic mass is 10.1. The Morgan fingerprint density at radius 2 is 2.06 bits per heavy atom. The molecule has 0 spiro atoms. The molecule has 0 radical (unpaired) electrons. The molecule has 0 unspecified atom stereocenters. The van der Waals surface area contributed by atoms with Crippen LogP contribution in [0.1, 0.15) is 15.2 Å². The Labute approximate surface area is 104 Å². The minimum atomic E-state index is -0.552. The number of carbonyl (C=O) groups excluding carboxylic acids is 1. The maximum atomic E-state index is 13.4. The van der Waals surface area contributed by atoms with Crippen molar-refractivity contribution >= 4 is 38.7 Å². The number of benzene rings is 1. The van der Waals surface area contributed by atoms with Crippen molar-refractivity contribution in [1.82, 2.24) is 0 Å².